The van der Waals surface area contributed by atoms with E-state index in [4.69, 9.17) is 17.3 Å². The van der Waals surface area contributed by atoms with Crippen LogP contribution in [0, 0.1) is 0 Å². The molecule has 0 spiro atoms. The van der Waals surface area contributed by atoms with Gasteiger partial charge in [-0.15, -0.1) is 0 Å². The zero-order valence-electron chi connectivity index (χ0n) is 10.4. The lowest BCUT2D eigenvalue weighted by molar-refractivity contribution is -0.129. The highest BCUT2D eigenvalue weighted by Gasteiger charge is 2.28. The van der Waals surface area contributed by atoms with E-state index in [1.54, 1.807) is 6.07 Å². The average Bonchev–Trinajstić information content (AvgIpc) is 2.33. The van der Waals surface area contributed by atoms with Gasteiger partial charge >= 0.3 is 0 Å². The van der Waals surface area contributed by atoms with Gasteiger partial charge in [0.15, 0.2) is 0 Å². The Kier molecular flexibility index (Phi) is 4.09. The molecule has 1 saturated heterocycles. The molecule has 1 atom stereocenters. The molecule has 1 aromatic carbocycles. The van der Waals surface area contributed by atoms with E-state index in [0.717, 1.165) is 18.5 Å². The van der Waals surface area contributed by atoms with E-state index in [2.05, 4.69) is 10.2 Å². The van der Waals surface area contributed by atoms with E-state index in [9.17, 15) is 4.79 Å². The maximum Gasteiger partial charge on any atom is 0.237 e. The van der Waals surface area contributed by atoms with E-state index >= 15 is 0 Å². The van der Waals surface area contributed by atoms with Crippen molar-refractivity contribution < 1.29 is 4.79 Å². The molecule has 0 aromatic heterocycles. The van der Waals surface area contributed by atoms with E-state index < -0.39 is 0 Å². The number of nitrogens with two attached hydrogens (primary N) is 1. The predicted octanol–water partition coefficient (Wildman–Crippen LogP) is 1.63. The fourth-order valence-corrected chi connectivity index (χ4v) is 2.55. The van der Waals surface area contributed by atoms with Gasteiger partial charge in [0.1, 0.15) is 0 Å². The first-order chi connectivity index (χ1) is 8.61. The Morgan fingerprint density at radius 2 is 2.33 bits per heavy atom. The van der Waals surface area contributed by atoms with Crippen LogP contribution < -0.4 is 11.1 Å². The maximum absolute atomic E-state index is 11.8. The van der Waals surface area contributed by atoms with E-state index in [1.165, 1.54) is 0 Å². The highest BCUT2D eigenvalue weighted by molar-refractivity contribution is 6.31. The van der Waals surface area contributed by atoms with Gasteiger partial charge < -0.3 is 11.1 Å². The molecule has 0 bridgehead atoms. The molecule has 18 heavy (non-hydrogen) atoms. The number of hydrogen-bond acceptors (Lipinski definition) is 3. The zero-order chi connectivity index (χ0) is 13.1. The number of benzene rings is 1. The molecule has 0 aliphatic carbocycles. The summed E-state index contributed by atoms with van der Waals surface area (Å²) in [6.07, 6.45) is 0.804. The van der Waals surface area contributed by atoms with Crippen LogP contribution in [0.25, 0.3) is 0 Å². The van der Waals surface area contributed by atoms with Gasteiger partial charge in [-0.2, -0.15) is 0 Å². The Morgan fingerprint density at radius 3 is 3.00 bits per heavy atom. The second-order valence-corrected chi connectivity index (χ2v) is 4.94. The Bertz CT molecular complexity index is 450. The maximum atomic E-state index is 11.8. The van der Waals surface area contributed by atoms with Gasteiger partial charge in [0.2, 0.25) is 5.91 Å². The minimum atomic E-state index is -0.0626. The van der Waals surface area contributed by atoms with Crippen molar-refractivity contribution in [2.24, 2.45) is 0 Å². The summed E-state index contributed by atoms with van der Waals surface area (Å²) in [4.78, 5) is 13.9. The number of carbonyl (C=O) groups is 1. The largest absolute Gasteiger partial charge is 0.399 e. The molecule has 4 nitrogen and oxygen atoms in total. The van der Waals surface area contributed by atoms with Crippen molar-refractivity contribution in [2.45, 2.75) is 25.9 Å². The first-order valence-corrected chi connectivity index (χ1v) is 6.55. The van der Waals surface area contributed by atoms with E-state index in [1.807, 2.05) is 19.1 Å². The molecule has 5 heteroatoms. The molecule has 98 valence electrons. The van der Waals surface area contributed by atoms with Crippen LogP contribution in [0.4, 0.5) is 5.69 Å². The molecule has 1 heterocycles. The number of nitrogen functional groups attached to an aromatic ring is 1. The first kappa shape index (κ1) is 13.2. The number of anilines is 1. The lowest BCUT2D eigenvalue weighted by Crippen LogP contribution is -2.54. The summed E-state index contributed by atoms with van der Waals surface area (Å²) in [7, 11) is 0. The molecule has 1 unspecified atom stereocenters. The molecule has 2 rings (SSSR count). The van der Waals surface area contributed by atoms with Crippen LogP contribution in [0.5, 0.6) is 0 Å². The smallest absolute Gasteiger partial charge is 0.237 e. The van der Waals surface area contributed by atoms with E-state index in [0.29, 0.717) is 23.8 Å². The number of carbonyl (C=O) groups excluding carboxylic acids is 1. The Balaban J connectivity index is 2.14. The second-order valence-electron chi connectivity index (χ2n) is 4.54. The Morgan fingerprint density at radius 1 is 1.56 bits per heavy atom. The zero-order valence-corrected chi connectivity index (χ0v) is 11.2. The molecule has 1 aromatic rings. The van der Waals surface area contributed by atoms with Gasteiger partial charge in [-0.05, 0) is 24.1 Å². The van der Waals surface area contributed by atoms with Crippen LogP contribution in [0.15, 0.2) is 18.2 Å². The van der Waals surface area contributed by atoms with Crippen LogP contribution in [0.1, 0.15) is 18.9 Å². The number of nitrogens with one attached hydrogen (secondary N) is 1. The third-order valence-electron chi connectivity index (χ3n) is 3.28. The third-order valence-corrected chi connectivity index (χ3v) is 3.63. The summed E-state index contributed by atoms with van der Waals surface area (Å²) >= 11 is 6.17. The van der Waals surface area contributed by atoms with Crippen LogP contribution in [-0.4, -0.2) is 29.9 Å². The predicted molar refractivity (Wildman–Crippen MR) is 73.4 cm³/mol. The molecule has 1 amide bonds. The quantitative estimate of drug-likeness (QED) is 0.819. The van der Waals surface area contributed by atoms with Gasteiger partial charge in [-0.25, -0.2) is 0 Å². The number of piperazine rings is 1. The molecule has 1 fully saturated rings. The molecular formula is C13H18ClN3O. The van der Waals surface area contributed by atoms with Crippen LogP contribution >= 0.6 is 11.6 Å². The SMILES string of the molecule is CCC1C(=O)NCCN1Cc1ccc(N)cc1Cl. The minimum Gasteiger partial charge on any atom is -0.399 e. The van der Waals surface area contributed by atoms with Gasteiger partial charge in [0.05, 0.1) is 6.04 Å². The highest BCUT2D eigenvalue weighted by Crippen LogP contribution is 2.22. The van der Waals surface area contributed by atoms with Crippen molar-refractivity contribution in [2.75, 3.05) is 18.8 Å². The fraction of sp³-hybridized carbons (Fsp3) is 0.462. The lowest BCUT2D eigenvalue weighted by atomic mass is 10.1. The molecule has 1 aliphatic heterocycles. The summed E-state index contributed by atoms with van der Waals surface area (Å²) in [6.45, 7) is 4.26. The third kappa shape index (κ3) is 2.76. The van der Waals surface area contributed by atoms with Gasteiger partial charge in [0, 0.05) is 30.3 Å². The van der Waals surface area contributed by atoms with Crippen molar-refractivity contribution in [3.8, 4) is 0 Å². The first-order valence-electron chi connectivity index (χ1n) is 6.17. The number of nitrogens with zero attached hydrogens (tertiary/aromatic N) is 1. The van der Waals surface area contributed by atoms with Crippen molar-refractivity contribution >= 4 is 23.2 Å². The Hall–Kier alpha value is -1.26. The number of amides is 1. The van der Waals surface area contributed by atoms with Crippen molar-refractivity contribution in [1.29, 1.82) is 0 Å². The van der Waals surface area contributed by atoms with Gasteiger partial charge in [-0.3, -0.25) is 9.69 Å². The summed E-state index contributed by atoms with van der Waals surface area (Å²) in [6, 6.07) is 5.46. The van der Waals surface area contributed by atoms with Crippen molar-refractivity contribution in [3.05, 3.63) is 28.8 Å². The van der Waals surface area contributed by atoms with Crippen LogP contribution in [0.3, 0.4) is 0 Å². The standard InChI is InChI=1S/C13H18ClN3O/c1-2-12-13(18)16-5-6-17(12)8-9-3-4-10(15)7-11(9)14/h3-4,7,12H,2,5-6,8,15H2,1H3,(H,16,18). The van der Waals surface area contributed by atoms with Gasteiger partial charge in [-0.1, -0.05) is 24.6 Å². The lowest BCUT2D eigenvalue weighted by Gasteiger charge is -2.34. The second kappa shape index (κ2) is 5.59. The summed E-state index contributed by atoms with van der Waals surface area (Å²) in [5.41, 5.74) is 7.35. The van der Waals surface area contributed by atoms with Crippen LogP contribution in [-0.2, 0) is 11.3 Å². The summed E-state index contributed by atoms with van der Waals surface area (Å²) in [5.74, 6) is 0.107. The van der Waals surface area contributed by atoms with Crippen LogP contribution in [0.2, 0.25) is 5.02 Å². The van der Waals surface area contributed by atoms with Gasteiger partial charge in [0.25, 0.3) is 0 Å². The monoisotopic (exact) mass is 267 g/mol. The molecular weight excluding hydrogens is 250 g/mol. The highest BCUT2D eigenvalue weighted by atomic mass is 35.5. The van der Waals surface area contributed by atoms with E-state index in [-0.39, 0.29) is 11.9 Å². The normalized spacial score (nSPS) is 20.8. The summed E-state index contributed by atoms with van der Waals surface area (Å²) in [5, 5.41) is 3.55. The number of rotatable bonds is 3. The minimum absolute atomic E-state index is 0.0626. The summed E-state index contributed by atoms with van der Waals surface area (Å²) < 4.78 is 0. The molecule has 1 aliphatic rings. The van der Waals surface area contributed by atoms with Crippen molar-refractivity contribution in [3.63, 3.8) is 0 Å². The topological polar surface area (TPSA) is 58.4 Å². The number of halogens is 1. The Labute approximate surface area is 112 Å². The fourth-order valence-electron chi connectivity index (χ4n) is 2.31. The average molecular weight is 268 g/mol. The molecule has 3 N–H and O–H groups in total. The van der Waals surface area contributed by atoms with Crippen molar-refractivity contribution in [1.82, 2.24) is 10.2 Å². The molecule has 0 saturated carbocycles. The number of hydrogen-bond donors (Lipinski definition) is 2. The molecule has 0 radical (unpaired) electrons.